The lowest BCUT2D eigenvalue weighted by molar-refractivity contribution is 0.306. The van der Waals surface area contributed by atoms with Crippen LogP contribution in [-0.4, -0.2) is 4.98 Å². The minimum Gasteiger partial charge on any atom is -0.489 e. The van der Waals surface area contributed by atoms with Crippen LogP contribution in [0.3, 0.4) is 0 Å². The lowest BCUT2D eigenvalue weighted by atomic mass is 10.1. The van der Waals surface area contributed by atoms with E-state index in [9.17, 15) is 0 Å². The maximum Gasteiger partial charge on any atom is 0.211 e. The van der Waals surface area contributed by atoms with Crippen LogP contribution < -0.4 is 10.5 Å². The van der Waals surface area contributed by atoms with Crippen LogP contribution in [0.15, 0.2) is 71.5 Å². The first kappa shape index (κ1) is 14.4. The molecule has 1 aromatic heterocycles. The molecule has 0 unspecified atom stereocenters. The molecule has 22 heavy (non-hydrogen) atoms. The Labute approximate surface area is 129 Å². The zero-order valence-corrected chi connectivity index (χ0v) is 12.2. The van der Waals surface area contributed by atoms with Crippen LogP contribution in [0.4, 0.5) is 0 Å². The molecule has 0 saturated heterocycles. The van der Waals surface area contributed by atoms with E-state index in [-0.39, 0.29) is 6.04 Å². The fourth-order valence-corrected chi connectivity index (χ4v) is 2.22. The maximum absolute atomic E-state index is 6.06. The van der Waals surface area contributed by atoms with Gasteiger partial charge in [0.2, 0.25) is 5.89 Å². The summed E-state index contributed by atoms with van der Waals surface area (Å²) in [5, 5.41) is 0. The summed E-state index contributed by atoms with van der Waals surface area (Å²) in [6.45, 7) is 0.565. The maximum atomic E-state index is 6.06. The third-order valence-electron chi connectivity index (χ3n) is 3.40. The van der Waals surface area contributed by atoms with Gasteiger partial charge in [0.1, 0.15) is 18.6 Å². The summed E-state index contributed by atoms with van der Waals surface area (Å²) < 4.78 is 11.0. The minimum absolute atomic E-state index is 0.230. The second-order valence-corrected chi connectivity index (χ2v) is 5.10. The van der Waals surface area contributed by atoms with E-state index in [0.717, 1.165) is 16.9 Å². The molecule has 2 aromatic carbocycles. The van der Waals surface area contributed by atoms with Crippen molar-refractivity contribution >= 4 is 0 Å². The first-order valence-electron chi connectivity index (χ1n) is 7.22. The van der Waals surface area contributed by atoms with Crippen molar-refractivity contribution in [3.8, 4) is 5.75 Å². The lowest BCUT2D eigenvalue weighted by Gasteiger charge is -2.09. The number of nitrogens with two attached hydrogens (primary N) is 1. The minimum atomic E-state index is -0.230. The van der Waals surface area contributed by atoms with Gasteiger partial charge in [0, 0.05) is 0 Å². The molecule has 1 heterocycles. The molecule has 0 fully saturated rings. The van der Waals surface area contributed by atoms with Gasteiger partial charge in [-0.3, -0.25) is 0 Å². The third kappa shape index (κ3) is 3.74. The number of rotatable bonds is 6. The number of aromatic nitrogens is 1. The van der Waals surface area contributed by atoms with Crippen LogP contribution in [-0.2, 0) is 13.0 Å². The molecule has 0 aliphatic heterocycles. The number of oxazole rings is 1. The van der Waals surface area contributed by atoms with Crippen molar-refractivity contribution in [2.75, 3.05) is 0 Å². The molecule has 0 spiro atoms. The van der Waals surface area contributed by atoms with Crippen molar-refractivity contribution in [1.29, 1.82) is 0 Å². The Bertz CT molecular complexity index is 679. The van der Waals surface area contributed by atoms with Gasteiger partial charge in [-0.15, -0.1) is 0 Å². The van der Waals surface area contributed by atoms with Crippen LogP contribution in [0.1, 0.15) is 23.1 Å². The lowest BCUT2D eigenvalue weighted by Crippen LogP contribution is -2.13. The van der Waals surface area contributed by atoms with Crippen LogP contribution in [0.2, 0.25) is 0 Å². The second kappa shape index (κ2) is 6.91. The highest BCUT2D eigenvalue weighted by molar-refractivity contribution is 5.28. The smallest absolute Gasteiger partial charge is 0.211 e. The molecule has 3 aromatic rings. The first-order valence-corrected chi connectivity index (χ1v) is 7.22. The van der Waals surface area contributed by atoms with E-state index in [1.807, 2.05) is 54.6 Å². The standard InChI is InChI=1S/C18H18N2O2/c19-17(18-20-10-11-21-18)12-14-6-8-16(9-7-14)22-13-15-4-2-1-3-5-15/h1-11,17H,12-13,19H2/t17-/m0/s1. The number of hydrogen-bond donors (Lipinski definition) is 1. The van der Waals surface area contributed by atoms with E-state index in [0.29, 0.717) is 18.9 Å². The number of ether oxygens (including phenoxy) is 1. The fraction of sp³-hybridized carbons (Fsp3) is 0.167. The van der Waals surface area contributed by atoms with Crippen molar-refractivity contribution in [3.05, 3.63) is 84.1 Å². The summed E-state index contributed by atoms with van der Waals surface area (Å²) >= 11 is 0. The summed E-state index contributed by atoms with van der Waals surface area (Å²) in [4.78, 5) is 4.08. The molecular formula is C18H18N2O2. The zero-order valence-electron chi connectivity index (χ0n) is 12.2. The Morgan fingerprint density at radius 2 is 1.77 bits per heavy atom. The molecule has 0 aliphatic rings. The normalized spacial score (nSPS) is 12.0. The Morgan fingerprint density at radius 3 is 2.45 bits per heavy atom. The van der Waals surface area contributed by atoms with Crippen LogP contribution in [0, 0.1) is 0 Å². The Morgan fingerprint density at radius 1 is 1.00 bits per heavy atom. The van der Waals surface area contributed by atoms with Crippen LogP contribution in [0.25, 0.3) is 0 Å². The van der Waals surface area contributed by atoms with Crippen molar-refractivity contribution in [2.45, 2.75) is 19.1 Å². The molecule has 3 rings (SSSR count). The molecule has 2 N–H and O–H groups in total. The molecule has 0 bridgehead atoms. The Hall–Kier alpha value is -2.59. The summed E-state index contributed by atoms with van der Waals surface area (Å²) in [6, 6.07) is 17.8. The quantitative estimate of drug-likeness (QED) is 0.756. The van der Waals surface area contributed by atoms with Crippen molar-refractivity contribution < 1.29 is 9.15 Å². The monoisotopic (exact) mass is 294 g/mol. The van der Waals surface area contributed by atoms with E-state index in [2.05, 4.69) is 4.98 Å². The van der Waals surface area contributed by atoms with Gasteiger partial charge in [-0.05, 0) is 29.7 Å². The molecule has 112 valence electrons. The van der Waals surface area contributed by atoms with Gasteiger partial charge in [-0.1, -0.05) is 42.5 Å². The molecule has 0 aliphatic carbocycles. The molecule has 0 radical (unpaired) electrons. The van der Waals surface area contributed by atoms with Crippen molar-refractivity contribution in [3.63, 3.8) is 0 Å². The van der Waals surface area contributed by atoms with Crippen molar-refractivity contribution in [1.82, 2.24) is 4.98 Å². The van der Waals surface area contributed by atoms with Gasteiger partial charge < -0.3 is 14.9 Å². The molecule has 0 saturated carbocycles. The first-order chi connectivity index (χ1) is 10.8. The number of benzene rings is 2. The van der Waals surface area contributed by atoms with Crippen LogP contribution in [0.5, 0.6) is 5.75 Å². The highest BCUT2D eigenvalue weighted by Crippen LogP contribution is 2.18. The number of hydrogen-bond acceptors (Lipinski definition) is 4. The number of nitrogens with zero attached hydrogens (tertiary/aromatic N) is 1. The predicted molar refractivity (Wildman–Crippen MR) is 84.4 cm³/mol. The highest BCUT2D eigenvalue weighted by atomic mass is 16.5. The van der Waals surface area contributed by atoms with Crippen LogP contribution >= 0.6 is 0 Å². The highest BCUT2D eigenvalue weighted by Gasteiger charge is 2.11. The second-order valence-electron chi connectivity index (χ2n) is 5.10. The zero-order chi connectivity index (χ0) is 15.2. The molecule has 0 amide bonds. The Kier molecular flexibility index (Phi) is 4.51. The SMILES string of the molecule is N[C@@H](Cc1ccc(OCc2ccccc2)cc1)c1ncco1. The molecule has 4 nitrogen and oxygen atoms in total. The van der Waals surface area contributed by atoms with Gasteiger partial charge in [0.05, 0.1) is 12.2 Å². The largest absolute Gasteiger partial charge is 0.489 e. The predicted octanol–water partition coefficient (Wildman–Crippen LogP) is 3.50. The summed E-state index contributed by atoms with van der Waals surface area (Å²) in [5.41, 5.74) is 8.33. The van der Waals surface area contributed by atoms with E-state index in [1.54, 1.807) is 6.20 Å². The van der Waals surface area contributed by atoms with Gasteiger partial charge in [-0.25, -0.2) is 4.98 Å². The van der Waals surface area contributed by atoms with Gasteiger partial charge in [-0.2, -0.15) is 0 Å². The van der Waals surface area contributed by atoms with E-state index in [4.69, 9.17) is 14.9 Å². The Balaban J connectivity index is 1.56. The summed E-state index contributed by atoms with van der Waals surface area (Å²) in [5.74, 6) is 1.40. The third-order valence-corrected chi connectivity index (χ3v) is 3.40. The molecule has 1 atom stereocenters. The summed E-state index contributed by atoms with van der Waals surface area (Å²) in [7, 11) is 0. The average molecular weight is 294 g/mol. The molecule has 4 heteroatoms. The fourth-order valence-electron chi connectivity index (χ4n) is 2.22. The van der Waals surface area contributed by atoms with E-state index >= 15 is 0 Å². The average Bonchev–Trinajstić information content (AvgIpc) is 3.10. The van der Waals surface area contributed by atoms with Gasteiger partial charge in [0.25, 0.3) is 0 Å². The topological polar surface area (TPSA) is 61.3 Å². The van der Waals surface area contributed by atoms with Crippen molar-refractivity contribution in [2.24, 2.45) is 5.73 Å². The van der Waals surface area contributed by atoms with Gasteiger partial charge >= 0.3 is 0 Å². The molecular weight excluding hydrogens is 276 g/mol. The van der Waals surface area contributed by atoms with E-state index < -0.39 is 0 Å². The van der Waals surface area contributed by atoms with Gasteiger partial charge in [0.15, 0.2) is 0 Å². The van der Waals surface area contributed by atoms with E-state index in [1.165, 1.54) is 6.26 Å². The summed E-state index contributed by atoms with van der Waals surface area (Å²) in [6.07, 6.45) is 3.82.